The summed E-state index contributed by atoms with van der Waals surface area (Å²) in [6.45, 7) is 12.6. The van der Waals surface area contributed by atoms with Crippen molar-refractivity contribution in [3.05, 3.63) is 0 Å². The molecule has 1 rings (SSSR count). The third-order valence-corrected chi connectivity index (χ3v) is 3.87. The minimum atomic E-state index is 0.664. The van der Waals surface area contributed by atoms with Gasteiger partial charge in [-0.05, 0) is 44.2 Å². The highest BCUT2D eigenvalue weighted by atomic mass is 15.2. The lowest BCUT2D eigenvalue weighted by Crippen LogP contribution is -2.42. The zero-order valence-electron chi connectivity index (χ0n) is 13.9. The van der Waals surface area contributed by atoms with Gasteiger partial charge in [-0.2, -0.15) is 0 Å². The molecular formula is C16H34N4. The molecule has 1 saturated heterocycles. The molecule has 0 amide bonds. The molecule has 1 aliphatic rings. The van der Waals surface area contributed by atoms with Gasteiger partial charge >= 0.3 is 0 Å². The molecule has 1 atom stereocenters. The van der Waals surface area contributed by atoms with E-state index in [1.807, 2.05) is 7.05 Å². The molecule has 4 nitrogen and oxygen atoms in total. The third kappa shape index (κ3) is 7.73. The lowest BCUT2D eigenvalue weighted by Gasteiger charge is -2.29. The van der Waals surface area contributed by atoms with Crippen molar-refractivity contribution in [1.82, 2.24) is 15.5 Å². The highest BCUT2D eigenvalue weighted by molar-refractivity contribution is 5.79. The van der Waals surface area contributed by atoms with Crippen LogP contribution in [0.2, 0.25) is 0 Å². The number of aliphatic imine (C=N–C) groups is 1. The minimum absolute atomic E-state index is 0.664. The van der Waals surface area contributed by atoms with Gasteiger partial charge in [-0.25, -0.2) is 0 Å². The fourth-order valence-corrected chi connectivity index (χ4v) is 2.62. The maximum Gasteiger partial charge on any atom is 0.190 e. The van der Waals surface area contributed by atoms with Crippen molar-refractivity contribution in [1.29, 1.82) is 0 Å². The van der Waals surface area contributed by atoms with Crippen LogP contribution >= 0.6 is 0 Å². The monoisotopic (exact) mass is 282 g/mol. The second-order valence-corrected chi connectivity index (χ2v) is 6.53. The van der Waals surface area contributed by atoms with E-state index < -0.39 is 0 Å². The Labute approximate surface area is 125 Å². The van der Waals surface area contributed by atoms with Crippen LogP contribution in [0, 0.1) is 11.8 Å². The van der Waals surface area contributed by atoms with Crippen LogP contribution in [0.4, 0.5) is 0 Å². The summed E-state index contributed by atoms with van der Waals surface area (Å²) in [5, 5.41) is 6.83. The molecule has 1 unspecified atom stereocenters. The van der Waals surface area contributed by atoms with Crippen molar-refractivity contribution in [3.8, 4) is 0 Å². The van der Waals surface area contributed by atoms with Crippen LogP contribution in [0.15, 0.2) is 4.99 Å². The van der Waals surface area contributed by atoms with Gasteiger partial charge in [0.15, 0.2) is 5.96 Å². The molecule has 0 aliphatic carbocycles. The summed E-state index contributed by atoms with van der Waals surface area (Å²) >= 11 is 0. The van der Waals surface area contributed by atoms with Crippen molar-refractivity contribution in [3.63, 3.8) is 0 Å². The number of hydrogen-bond acceptors (Lipinski definition) is 2. The molecule has 0 bridgehead atoms. The van der Waals surface area contributed by atoms with E-state index in [0.29, 0.717) is 5.92 Å². The van der Waals surface area contributed by atoms with Gasteiger partial charge in [-0.3, -0.25) is 4.99 Å². The maximum atomic E-state index is 4.28. The number of nitrogens with one attached hydrogen (secondary N) is 2. The second-order valence-electron chi connectivity index (χ2n) is 6.53. The molecule has 1 aliphatic heterocycles. The molecule has 0 saturated carbocycles. The first-order chi connectivity index (χ1) is 9.61. The van der Waals surface area contributed by atoms with E-state index in [4.69, 9.17) is 0 Å². The van der Waals surface area contributed by atoms with Crippen molar-refractivity contribution in [2.45, 2.75) is 46.5 Å². The Kier molecular flexibility index (Phi) is 8.67. The largest absolute Gasteiger partial charge is 0.356 e. The van der Waals surface area contributed by atoms with Crippen molar-refractivity contribution < 1.29 is 0 Å². The Hall–Kier alpha value is -0.770. The van der Waals surface area contributed by atoms with E-state index in [0.717, 1.165) is 25.0 Å². The fourth-order valence-electron chi connectivity index (χ4n) is 2.62. The van der Waals surface area contributed by atoms with Gasteiger partial charge in [0, 0.05) is 26.7 Å². The smallest absolute Gasteiger partial charge is 0.190 e. The summed E-state index contributed by atoms with van der Waals surface area (Å²) in [4.78, 5) is 6.89. The third-order valence-electron chi connectivity index (χ3n) is 3.87. The van der Waals surface area contributed by atoms with Gasteiger partial charge in [0.25, 0.3) is 0 Å². The molecular weight excluding hydrogens is 248 g/mol. The number of hydrogen-bond donors (Lipinski definition) is 2. The van der Waals surface area contributed by atoms with Gasteiger partial charge < -0.3 is 15.5 Å². The molecule has 0 radical (unpaired) electrons. The van der Waals surface area contributed by atoms with Crippen LogP contribution in [0.5, 0.6) is 0 Å². The van der Waals surface area contributed by atoms with E-state index >= 15 is 0 Å². The Morgan fingerprint density at radius 1 is 1.10 bits per heavy atom. The summed E-state index contributed by atoms with van der Waals surface area (Å²) in [5.74, 6) is 2.34. The lowest BCUT2D eigenvalue weighted by atomic mass is 10.1. The molecule has 1 fully saturated rings. The molecule has 1 heterocycles. The molecule has 0 aromatic rings. The standard InChI is InChI=1S/C16H34N4/c1-14(2)8-9-18-16(17-4)19-12-15(3)13-20-10-6-5-7-11-20/h14-15H,5-13H2,1-4H3,(H2,17,18,19). The first-order valence-electron chi connectivity index (χ1n) is 8.28. The summed E-state index contributed by atoms with van der Waals surface area (Å²) < 4.78 is 0. The average Bonchev–Trinajstić information content (AvgIpc) is 2.43. The van der Waals surface area contributed by atoms with Crippen LogP contribution in [-0.2, 0) is 0 Å². The number of rotatable bonds is 7. The van der Waals surface area contributed by atoms with E-state index in [1.165, 1.54) is 45.3 Å². The summed E-state index contributed by atoms with van der Waals surface area (Å²) in [6.07, 6.45) is 5.34. The van der Waals surface area contributed by atoms with Gasteiger partial charge in [-0.15, -0.1) is 0 Å². The van der Waals surface area contributed by atoms with Crippen LogP contribution in [0.3, 0.4) is 0 Å². The highest BCUT2D eigenvalue weighted by Gasteiger charge is 2.13. The molecule has 0 spiro atoms. The summed E-state index contributed by atoms with van der Waals surface area (Å²) in [6, 6.07) is 0. The van der Waals surface area contributed by atoms with E-state index in [9.17, 15) is 0 Å². The Bertz CT molecular complexity index is 270. The lowest BCUT2D eigenvalue weighted by molar-refractivity contribution is 0.201. The van der Waals surface area contributed by atoms with Gasteiger partial charge in [0.05, 0.1) is 0 Å². The number of piperidine rings is 1. The van der Waals surface area contributed by atoms with Crippen molar-refractivity contribution >= 4 is 5.96 Å². The quantitative estimate of drug-likeness (QED) is 0.556. The second kappa shape index (κ2) is 10.0. The Balaban J connectivity index is 2.15. The van der Waals surface area contributed by atoms with E-state index in [-0.39, 0.29) is 0 Å². The normalized spacial score (nSPS) is 19.1. The SMILES string of the molecule is CN=C(NCCC(C)C)NCC(C)CN1CCCCC1. The van der Waals surface area contributed by atoms with Gasteiger partial charge in [0.1, 0.15) is 0 Å². The zero-order valence-corrected chi connectivity index (χ0v) is 13.9. The highest BCUT2D eigenvalue weighted by Crippen LogP contribution is 2.10. The van der Waals surface area contributed by atoms with Crippen LogP contribution in [0.1, 0.15) is 46.5 Å². The number of guanidine groups is 1. The Morgan fingerprint density at radius 3 is 2.40 bits per heavy atom. The van der Waals surface area contributed by atoms with Crippen molar-refractivity contribution in [2.24, 2.45) is 16.8 Å². The summed E-state index contributed by atoms with van der Waals surface area (Å²) in [7, 11) is 1.85. The summed E-state index contributed by atoms with van der Waals surface area (Å²) in [5.41, 5.74) is 0. The van der Waals surface area contributed by atoms with Crippen LogP contribution in [0.25, 0.3) is 0 Å². The van der Waals surface area contributed by atoms with E-state index in [2.05, 4.69) is 41.3 Å². The molecule has 2 N–H and O–H groups in total. The predicted octanol–water partition coefficient (Wildman–Crippen LogP) is 2.32. The molecule has 20 heavy (non-hydrogen) atoms. The zero-order chi connectivity index (χ0) is 14.8. The van der Waals surface area contributed by atoms with Gasteiger partial charge in [-0.1, -0.05) is 27.2 Å². The number of nitrogens with zero attached hydrogens (tertiary/aromatic N) is 2. The maximum absolute atomic E-state index is 4.28. The minimum Gasteiger partial charge on any atom is -0.356 e. The van der Waals surface area contributed by atoms with E-state index in [1.54, 1.807) is 0 Å². The number of likely N-dealkylation sites (tertiary alicyclic amines) is 1. The van der Waals surface area contributed by atoms with Crippen molar-refractivity contribution in [2.75, 3.05) is 39.8 Å². The van der Waals surface area contributed by atoms with Gasteiger partial charge in [0.2, 0.25) is 0 Å². The topological polar surface area (TPSA) is 39.7 Å². The first kappa shape index (κ1) is 17.3. The van der Waals surface area contributed by atoms with Crippen LogP contribution in [-0.4, -0.2) is 50.6 Å². The molecule has 4 heteroatoms. The molecule has 0 aromatic carbocycles. The van der Waals surface area contributed by atoms with Crippen LogP contribution < -0.4 is 10.6 Å². The average molecular weight is 282 g/mol. The Morgan fingerprint density at radius 2 is 1.80 bits per heavy atom. The molecule has 0 aromatic heterocycles. The molecule has 118 valence electrons. The first-order valence-corrected chi connectivity index (χ1v) is 8.28. The fraction of sp³-hybridized carbons (Fsp3) is 0.938. The predicted molar refractivity (Wildman–Crippen MR) is 88.3 cm³/mol.